The molecule has 0 spiro atoms. The second kappa shape index (κ2) is 8.68. The Balaban J connectivity index is 1.53. The molecule has 0 radical (unpaired) electrons. The van der Waals surface area contributed by atoms with Crippen LogP contribution in [0, 0.1) is 0 Å². The van der Waals surface area contributed by atoms with E-state index in [1.165, 1.54) is 0 Å². The van der Waals surface area contributed by atoms with E-state index in [9.17, 15) is 0 Å². The van der Waals surface area contributed by atoms with Gasteiger partial charge in [-0.1, -0.05) is 91.0 Å². The van der Waals surface area contributed by atoms with Gasteiger partial charge >= 0.3 is 0 Å². The Kier molecular flexibility index (Phi) is 5.27. The zero-order valence-corrected chi connectivity index (χ0v) is 17.1. The van der Waals surface area contributed by atoms with Gasteiger partial charge in [-0.2, -0.15) is 0 Å². The van der Waals surface area contributed by atoms with Crippen molar-refractivity contribution in [1.29, 1.82) is 0 Å². The molecule has 0 bridgehead atoms. The van der Waals surface area contributed by atoms with Crippen LogP contribution in [0.5, 0.6) is 0 Å². The van der Waals surface area contributed by atoms with Crippen LogP contribution in [-0.2, 0) is 0 Å². The van der Waals surface area contributed by atoms with E-state index in [0.717, 1.165) is 45.0 Å². The second-order valence-corrected chi connectivity index (χ2v) is 7.43. The van der Waals surface area contributed by atoms with Gasteiger partial charge in [-0.15, -0.1) is 0 Å². The molecule has 2 nitrogen and oxygen atoms in total. The number of rotatable bonds is 5. The molecule has 4 aromatic carbocycles. The molecule has 0 amide bonds. The first-order valence-electron chi connectivity index (χ1n) is 10.4. The van der Waals surface area contributed by atoms with Crippen molar-refractivity contribution in [2.75, 3.05) is 5.32 Å². The highest BCUT2D eigenvalue weighted by molar-refractivity contribution is 5.77. The van der Waals surface area contributed by atoms with Crippen molar-refractivity contribution >= 4 is 11.4 Å². The zero-order chi connectivity index (χ0) is 20.9. The van der Waals surface area contributed by atoms with Crippen molar-refractivity contribution < 1.29 is 0 Å². The molecule has 0 aliphatic rings. The van der Waals surface area contributed by atoms with Crippen LogP contribution in [0.25, 0.3) is 33.6 Å². The van der Waals surface area contributed by atoms with E-state index in [-0.39, 0.29) is 0 Å². The van der Waals surface area contributed by atoms with E-state index < -0.39 is 0 Å². The Morgan fingerprint density at radius 2 is 0.839 bits per heavy atom. The molecule has 1 heterocycles. The summed E-state index contributed by atoms with van der Waals surface area (Å²) in [6, 6.07) is 43.8. The van der Waals surface area contributed by atoms with Crippen LogP contribution >= 0.6 is 0 Å². The molecule has 0 aliphatic carbocycles. The summed E-state index contributed by atoms with van der Waals surface area (Å²) in [5, 5.41) is 3.44. The minimum Gasteiger partial charge on any atom is -0.356 e. The third-order valence-electron chi connectivity index (χ3n) is 5.25. The average molecular weight is 399 g/mol. The summed E-state index contributed by atoms with van der Waals surface area (Å²) in [6.45, 7) is 0. The molecule has 2 heteroatoms. The van der Waals surface area contributed by atoms with Crippen molar-refractivity contribution in [3.05, 3.63) is 127 Å². The molecule has 1 N–H and O–H groups in total. The SMILES string of the molecule is c1ccc(Nc2ccc(-c3cc(-c4ccccc4)nc(-c4ccccc4)c3)cc2)cc1. The number of pyridine rings is 1. The van der Waals surface area contributed by atoms with Crippen LogP contribution in [0.3, 0.4) is 0 Å². The Labute approximate surface area is 182 Å². The first-order valence-corrected chi connectivity index (χ1v) is 10.4. The number of anilines is 2. The maximum atomic E-state index is 4.96. The molecule has 5 rings (SSSR count). The molecule has 5 aromatic rings. The van der Waals surface area contributed by atoms with Crippen LogP contribution < -0.4 is 5.32 Å². The molecule has 31 heavy (non-hydrogen) atoms. The van der Waals surface area contributed by atoms with Gasteiger partial charge < -0.3 is 5.32 Å². The number of aromatic nitrogens is 1. The summed E-state index contributed by atoms with van der Waals surface area (Å²) in [7, 11) is 0. The topological polar surface area (TPSA) is 24.9 Å². The fourth-order valence-electron chi connectivity index (χ4n) is 3.64. The quantitative estimate of drug-likeness (QED) is 0.326. The van der Waals surface area contributed by atoms with Gasteiger partial charge in [-0.05, 0) is 47.5 Å². The maximum absolute atomic E-state index is 4.96. The third-order valence-corrected chi connectivity index (χ3v) is 5.25. The molecule has 148 valence electrons. The van der Waals surface area contributed by atoms with E-state index in [0.29, 0.717) is 0 Å². The van der Waals surface area contributed by atoms with Gasteiger partial charge in [0.1, 0.15) is 0 Å². The predicted octanol–water partition coefficient (Wildman–Crippen LogP) is 7.83. The van der Waals surface area contributed by atoms with Crippen LogP contribution in [0.1, 0.15) is 0 Å². The highest BCUT2D eigenvalue weighted by Gasteiger charge is 2.09. The summed E-state index contributed by atoms with van der Waals surface area (Å²) in [5.74, 6) is 0. The molecule has 0 fully saturated rings. The van der Waals surface area contributed by atoms with E-state index in [1.54, 1.807) is 0 Å². The fourth-order valence-corrected chi connectivity index (χ4v) is 3.64. The lowest BCUT2D eigenvalue weighted by atomic mass is 10.00. The molecule has 0 saturated heterocycles. The monoisotopic (exact) mass is 398 g/mol. The summed E-state index contributed by atoms with van der Waals surface area (Å²) in [4.78, 5) is 4.96. The molecule has 0 unspecified atom stereocenters. The molecular formula is C29H22N2. The maximum Gasteiger partial charge on any atom is 0.0715 e. The van der Waals surface area contributed by atoms with Crippen molar-refractivity contribution in [2.45, 2.75) is 0 Å². The number of para-hydroxylation sites is 1. The summed E-state index contributed by atoms with van der Waals surface area (Å²) < 4.78 is 0. The fraction of sp³-hybridized carbons (Fsp3) is 0. The normalized spacial score (nSPS) is 10.6. The summed E-state index contributed by atoms with van der Waals surface area (Å²) in [6.07, 6.45) is 0. The number of nitrogens with one attached hydrogen (secondary N) is 1. The predicted molar refractivity (Wildman–Crippen MR) is 130 cm³/mol. The zero-order valence-electron chi connectivity index (χ0n) is 17.1. The van der Waals surface area contributed by atoms with Crippen molar-refractivity contribution in [2.24, 2.45) is 0 Å². The van der Waals surface area contributed by atoms with Gasteiger partial charge in [0, 0.05) is 22.5 Å². The highest BCUT2D eigenvalue weighted by atomic mass is 14.9. The molecule has 0 saturated carbocycles. The lowest BCUT2D eigenvalue weighted by Crippen LogP contribution is -1.92. The lowest BCUT2D eigenvalue weighted by molar-refractivity contribution is 1.32. The lowest BCUT2D eigenvalue weighted by Gasteiger charge is -2.11. The van der Waals surface area contributed by atoms with Crippen LogP contribution in [0.4, 0.5) is 11.4 Å². The van der Waals surface area contributed by atoms with Crippen molar-refractivity contribution in [3.8, 4) is 33.6 Å². The smallest absolute Gasteiger partial charge is 0.0715 e. The molecular weight excluding hydrogens is 376 g/mol. The Morgan fingerprint density at radius 1 is 0.387 bits per heavy atom. The molecule has 1 aromatic heterocycles. The standard InChI is InChI=1S/C29H22N2/c1-4-10-23(11-5-1)28-20-25(21-29(31-28)24-12-6-2-7-13-24)22-16-18-27(19-17-22)30-26-14-8-3-9-15-26/h1-21,30H. The largest absolute Gasteiger partial charge is 0.356 e. The molecule has 0 aliphatic heterocycles. The van der Waals surface area contributed by atoms with Crippen LogP contribution in [0.15, 0.2) is 127 Å². The third kappa shape index (κ3) is 4.39. The van der Waals surface area contributed by atoms with E-state index in [1.807, 2.05) is 30.3 Å². The van der Waals surface area contributed by atoms with Crippen molar-refractivity contribution in [1.82, 2.24) is 4.98 Å². The van der Waals surface area contributed by atoms with Gasteiger partial charge in [0.15, 0.2) is 0 Å². The van der Waals surface area contributed by atoms with Gasteiger partial charge in [-0.25, -0.2) is 4.98 Å². The Morgan fingerprint density at radius 3 is 1.35 bits per heavy atom. The average Bonchev–Trinajstić information content (AvgIpc) is 2.86. The number of nitrogens with zero attached hydrogens (tertiary/aromatic N) is 1. The first kappa shape index (κ1) is 18.8. The van der Waals surface area contributed by atoms with Crippen LogP contribution in [0.2, 0.25) is 0 Å². The number of hydrogen-bond acceptors (Lipinski definition) is 2. The second-order valence-electron chi connectivity index (χ2n) is 7.43. The minimum absolute atomic E-state index is 0.975. The van der Waals surface area contributed by atoms with Gasteiger partial charge in [0.05, 0.1) is 11.4 Å². The number of hydrogen-bond donors (Lipinski definition) is 1. The van der Waals surface area contributed by atoms with Gasteiger partial charge in [0.2, 0.25) is 0 Å². The molecule has 0 atom stereocenters. The van der Waals surface area contributed by atoms with Crippen LogP contribution in [-0.4, -0.2) is 4.98 Å². The van der Waals surface area contributed by atoms with Crippen molar-refractivity contribution in [3.63, 3.8) is 0 Å². The Hall–Kier alpha value is -4.17. The van der Waals surface area contributed by atoms with Gasteiger partial charge in [0.25, 0.3) is 0 Å². The minimum atomic E-state index is 0.975. The van der Waals surface area contributed by atoms with E-state index >= 15 is 0 Å². The summed E-state index contributed by atoms with van der Waals surface area (Å²) >= 11 is 0. The summed E-state index contributed by atoms with van der Waals surface area (Å²) in [5.41, 5.74) is 8.64. The highest BCUT2D eigenvalue weighted by Crippen LogP contribution is 2.31. The van der Waals surface area contributed by atoms with Gasteiger partial charge in [-0.3, -0.25) is 0 Å². The number of benzene rings is 4. The Bertz CT molecular complexity index is 1210. The van der Waals surface area contributed by atoms with E-state index in [4.69, 9.17) is 4.98 Å². The van der Waals surface area contributed by atoms with E-state index in [2.05, 4.69) is 102 Å². The first-order chi connectivity index (χ1) is 15.3.